The number of ether oxygens (including phenoxy) is 1. The van der Waals surface area contributed by atoms with Crippen LogP contribution in [0.3, 0.4) is 0 Å². The maximum absolute atomic E-state index is 12.2. The molecule has 2 aromatic rings. The Labute approximate surface area is 154 Å². The molecule has 6 heteroatoms. The number of rotatable bonds is 9. The molecule has 0 bridgehead atoms. The first-order valence-corrected chi connectivity index (χ1v) is 8.92. The van der Waals surface area contributed by atoms with Gasteiger partial charge >= 0.3 is 5.97 Å². The van der Waals surface area contributed by atoms with Crippen LogP contribution in [0.2, 0.25) is 0 Å². The average Bonchev–Trinajstić information content (AvgIpc) is 2.66. The largest absolute Gasteiger partial charge is 0.462 e. The number of hydrogen-bond acceptors (Lipinski definition) is 5. The number of nitrogens with one attached hydrogen (secondary N) is 2. The van der Waals surface area contributed by atoms with E-state index in [4.69, 9.17) is 4.74 Å². The van der Waals surface area contributed by atoms with Crippen molar-refractivity contribution in [2.24, 2.45) is 0 Å². The summed E-state index contributed by atoms with van der Waals surface area (Å²) < 4.78 is 4.96. The summed E-state index contributed by atoms with van der Waals surface area (Å²) in [7, 11) is 0. The maximum atomic E-state index is 12.2. The van der Waals surface area contributed by atoms with Crippen molar-refractivity contribution < 1.29 is 14.3 Å². The van der Waals surface area contributed by atoms with Crippen molar-refractivity contribution in [3.8, 4) is 0 Å². The van der Waals surface area contributed by atoms with Crippen LogP contribution in [0.1, 0.15) is 53.8 Å². The van der Waals surface area contributed by atoms with E-state index in [0.717, 1.165) is 24.9 Å². The molecule has 2 rings (SSSR count). The van der Waals surface area contributed by atoms with Gasteiger partial charge in [-0.3, -0.25) is 4.79 Å². The number of pyridine rings is 1. The Morgan fingerprint density at radius 2 is 1.81 bits per heavy atom. The quantitative estimate of drug-likeness (QED) is 0.526. The number of hydrogen-bond donors (Lipinski definition) is 2. The second-order valence-electron chi connectivity index (χ2n) is 5.82. The molecule has 0 spiro atoms. The lowest BCUT2D eigenvalue weighted by Crippen LogP contribution is -2.24. The van der Waals surface area contributed by atoms with Gasteiger partial charge in [-0.1, -0.05) is 19.8 Å². The fraction of sp³-hybridized carbons (Fsp3) is 0.350. The molecule has 6 nitrogen and oxygen atoms in total. The number of anilines is 2. The van der Waals surface area contributed by atoms with Crippen LogP contribution < -0.4 is 10.6 Å². The van der Waals surface area contributed by atoms with Gasteiger partial charge in [0, 0.05) is 24.0 Å². The molecule has 0 aliphatic rings. The number of amides is 1. The van der Waals surface area contributed by atoms with Gasteiger partial charge in [0.15, 0.2) is 0 Å². The molecule has 1 aromatic heterocycles. The summed E-state index contributed by atoms with van der Waals surface area (Å²) in [5, 5.41) is 6.04. The molecule has 0 radical (unpaired) electrons. The predicted octanol–water partition coefficient (Wildman–Crippen LogP) is 3.92. The zero-order valence-corrected chi connectivity index (χ0v) is 15.2. The average molecular weight is 355 g/mol. The van der Waals surface area contributed by atoms with Crippen LogP contribution in [0.25, 0.3) is 0 Å². The zero-order chi connectivity index (χ0) is 18.8. The highest BCUT2D eigenvalue weighted by Crippen LogP contribution is 2.17. The molecule has 2 N–H and O–H groups in total. The summed E-state index contributed by atoms with van der Waals surface area (Å²) in [6.45, 7) is 4.91. The van der Waals surface area contributed by atoms with Crippen LogP contribution in [-0.2, 0) is 4.74 Å². The molecule has 138 valence electrons. The van der Waals surface area contributed by atoms with Crippen LogP contribution >= 0.6 is 0 Å². The van der Waals surface area contributed by atoms with Crippen LogP contribution in [0.15, 0.2) is 42.6 Å². The van der Waals surface area contributed by atoms with E-state index in [-0.39, 0.29) is 11.9 Å². The van der Waals surface area contributed by atoms with E-state index in [1.807, 2.05) is 0 Å². The number of carbonyl (C=O) groups is 2. The summed E-state index contributed by atoms with van der Waals surface area (Å²) in [5.41, 5.74) is 1.82. The Bertz CT molecular complexity index is 729. The monoisotopic (exact) mass is 355 g/mol. The van der Waals surface area contributed by atoms with Crippen molar-refractivity contribution in [3.05, 3.63) is 53.7 Å². The van der Waals surface area contributed by atoms with E-state index >= 15 is 0 Å². The Hall–Kier alpha value is -2.89. The summed E-state index contributed by atoms with van der Waals surface area (Å²) in [6, 6.07) is 10.3. The summed E-state index contributed by atoms with van der Waals surface area (Å²) in [6.07, 6.45) is 4.79. The Kier molecular flexibility index (Phi) is 7.61. The minimum atomic E-state index is -0.348. The van der Waals surface area contributed by atoms with E-state index in [2.05, 4.69) is 22.5 Å². The second-order valence-corrected chi connectivity index (χ2v) is 5.82. The number of esters is 1. The van der Waals surface area contributed by atoms with Crippen molar-refractivity contribution in [2.75, 3.05) is 18.5 Å². The molecular formula is C20H25N3O3. The predicted molar refractivity (Wildman–Crippen MR) is 102 cm³/mol. The van der Waals surface area contributed by atoms with Crippen molar-refractivity contribution in [1.29, 1.82) is 0 Å². The Morgan fingerprint density at radius 1 is 1.04 bits per heavy atom. The topological polar surface area (TPSA) is 80.3 Å². The molecule has 26 heavy (non-hydrogen) atoms. The molecule has 0 saturated heterocycles. The molecule has 0 aliphatic carbocycles. The summed E-state index contributed by atoms with van der Waals surface area (Å²) in [4.78, 5) is 28.1. The maximum Gasteiger partial charge on any atom is 0.338 e. The lowest BCUT2D eigenvalue weighted by atomic mass is 10.2. The normalized spacial score (nSPS) is 10.2. The first-order valence-electron chi connectivity index (χ1n) is 8.92. The zero-order valence-electron chi connectivity index (χ0n) is 15.2. The van der Waals surface area contributed by atoms with E-state index in [1.54, 1.807) is 49.5 Å². The smallest absolute Gasteiger partial charge is 0.338 e. The second kappa shape index (κ2) is 10.2. The molecule has 1 aromatic carbocycles. The highest BCUT2D eigenvalue weighted by atomic mass is 16.5. The fourth-order valence-corrected chi connectivity index (χ4v) is 2.37. The van der Waals surface area contributed by atoms with E-state index in [1.165, 1.54) is 0 Å². The number of carbonyl (C=O) groups excluding carboxylic acids is 2. The standard InChI is InChI=1S/C20H25N3O3/c1-3-5-6-12-22-19(24)16-11-13-21-18(14-16)23-17-9-7-15(8-10-17)20(25)26-4-2/h7-11,13-14H,3-6,12H2,1-2H3,(H,21,23)(H,22,24). The summed E-state index contributed by atoms with van der Waals surface area (Å²) >= 11 is 0. The third-order valence-corrected chi connectivity index (χ3v) is 3.76. The van der Waals surface area contributed by atoms with Crippen molar-refractivity contribution >= 4 is 23.4 Å². The molecule has 0 fully saturated rings. The van der Waals surface area contributed by atoms with Crippen LogP contribution in [0, 0.1) is 0 Å². The molecule has 0 unspecified atom stereocenters. The SMILES string of the molecule is CCCCCNC(=O)c1ccnc(Nc2ccc(C(=O)OCC)cc2)c1. The molecule has 0 atom stereocenters. The molecule has 1 amide bonds. The van der Waals surface area contributed by atoms with Crippen molar-refractivity contribution in [2.45, 2.75) is 33.1 Å². The Morgan fingerprint density at radius 3 is 2.50 bits per heavy atom. The first kappa shape index (κ1) is 19.4. The highest BCUT2D eigenvalue weighted by molar-refractivity contribution is 5.95. The van der Waals surface area contributed by atoms with Gasteiger partial charge in [-0.15, -0.1) is 0 Å². The van der Waals surface area contributed by atoms with Gasteiger partial charge in [0.05, 0.1) is 12.2 Å². The van der Waals surface area contributed by atoms with E-state index < -0.39 is 0 Å². The van der Waals surface area contributed by atoms with Gasteiger partial charge in [-0.05, 0) is 49.7 Å². The van der Waals surface area contributed by atoms with Gasteiger partial charge in [0.1, 0.15) is 5.82 Å². The minimum Gasteiger partial charge on any atom is -0.462 e. The number of benzene rings is 1. The number of nitrogens with zero attached hydrogens (tertiary/aromatic N) is 1. The van der Waals surface area contributed by atoms with Crippen LogP contribution in [0.5, 0.6) is 0 Å². The fourth-order valence-electron chi connectivity index (χ4n) is 2.37. The van der Waals surface area contributed by atoms with Crippen LogP contribution in [-0.4, -0.2) is 30.0 Å². The molecular weight excluding hydrogens is 330 g/mol. The van der Waals surface area contributed by atoms with Gasteiger partial charge in [-0.25, -0.2) is 9.78 Å². The van der Waals surface area contributed by atoms with Crippen molar-refractivity contribution in [3.63, 3.8) is 0 Å². The Balaban J connectivity index is 1.97. The van der Waals surface area contributed by atoms with E-state index in [9.17, 15) is 9.59 Å². The molecule has 0 saturated carbocycles. The van der Waals surface area contributed by atoms with Gasteiger partial charge < -0.3 is 15.4 Å². The minimum absolute atomic E-state index is 0.107. The molecule has 1 heterocycles. The lowest BCUT2D eigenvalue weighted by Gasteiger charge is -2.09. The lowest BCUT2D eigenvalue weighted by molar-refractivity contribution is 0.0526. The summed E-state index contributed by atoms with van der Waals surface area (Å²) in [5.74, 6) is 0.109. The van der Waals surface area contributed by atoms with Crippen LogP contribution in [0.4, 0.5) is 11.5 Å². The third-order valence-electron chi connectivity index (χ3n) is 3.76. The third kappa shape index (κ3) is 5.88. The van der Waals surface area contributed by atoms with E-state index in [0.29, 0.717) is 30.1 Å². The number of unbranched alkanes of at least 4 members (excludes halogenated alkanes) is 2. The van der Waals surface area contributed by atoms with Crippen molar-refractivity contribution in [1.82, 2.24) is 10.3 Å². The first-order chi connectivity index (χ1) is 12.6. The van der Waals surface area contributed by atoms with Gasteiger partial charge in [-0.2, -0.15) is 0 Å². The van der Waals surface area contributed by atoms with Gasteiger partial charge in [0.25, 0.3) is 5.91 Å². The molecule has 0 aliphatic heterocycles. The van der Waals surface area contributed by atoms with Gasteiger partial charge in [0.2, 0.25) is 0 Å². The highest BCUT2D eigenvalue weighted by Gasteiger charge is 2.08. The number of aromatic nitrogens is 1.